The number of aliphatic hydroxyl groups excluding tert-OH is 1. The first kappa shape index (κ1) is 14.9. The molecule has 0 rings (SSSR count). The summed E-state index contributed by atoms with van der Waals surface area (Å²) in [6.07, 6.45) is 0.805. The molecular weight excluding hydrogens is 212 g/mol. The number of aliphatic hydroxyl groups is 1. The Hall–Kier alpha value is -1.14. The maximum atomic E-state index is 11.3. The average molecular weight is 232 g/mol. The van der Waals surface area contributed by atoms with Gasteiger partial charge in [0.2, 0.25) is 5.91 Å². The van der Waals surface area contributed by atoms with Gasteiger partial charge in [0.1, 0.15) is 0 Å². The van der Waals surface area contributed by atoms with Crippen LogP contribution in [0.25, 0.3) is 0 Å². The molecule has 0 aromatic carbocycles. The first-order chi connectivity index (χ1) is 7.52. The fourth-order valence-electron chi connectivity index (χ4n) is 1.10. The molecule has 0 heterocycles. The Morgan fingerprint density at radius 2 is 2.06 bits per heavy atom. The van der Waals surface area contributed by atoms with Gasteiger partial charge in [-0.25, -0.2) is 4.79 Å². The third-order valence-corrected chi connectivity index (χ3v) is 1.96. The molecule has 0 saturated heterocycles. The molecule has 0 bridgehead atoms. The van der Waals surface area contributed by atoms with Crippen LogP contribution in [0.15, 0.2) is 0 Å². The fourth-order valence-corrected chi connectivity index (χ4v) is 1.10. The van der Waals surface area contributed by atoms with E-state index in [1.54, 1.807) is 6.92 Å². The summed E-state index contributed by atoms with van der Waals surface area (Å²) in [5.74, 6) is -1.39. The van der Waals surface area contributed by atoms with Crippen molar-refractivity contribution in [1.82, 2.24) is 5.32 Å². The van der Waals surface area contributed by atoms with Gasteiger partial charge in [0, 0.05) is 6.54 Å². The maximum absolute atomic E-state index is 11.3. The van der Waals surface area contributed by atoms with Crippen LogP contribution < -0.4 is 11.1 Å². The first-order valence-corrected chi connectivity index (χ1v) is 5.40. The number of hydrogen-bond donors (Lipinski definition) is 3. The van der Waals surface area contributed by atoms with Crippen LogP contribution in [0.2, 0.25) is 0 Å². The minimum atomic E-state index is -1.33. The smallest absolute Gasteiger partial charge is 0.332 e. The molecule has 0 aliphatic rings. The Kier molecular flexibility index (Phi) is 7.49. The summed E-state index contributed by atoms with van der Waals surface area (Å²) < 4.78 is 4.59. The zero-order valence-electron chi connectivity index (χ0n) is 9.73. The van der Waals surface area contributed by atoms with Crippen LogP contribution in [0.4, 0.5) is 0 Å². The van der Waals surface area contributed by atoms with E-state index < -0.39 is 24.0 Å². The average Bonchev–Trinajstić information content (AvgIpc) is 2.25. The molecular formula is C10H20N2O4. The van der Waals surface area contributed by atoms with Gasteiger partial charge < -0.3 is 20.9 Å². The van der Waals surface area contributed by atoms with Gasteiger partial charge in [0.25, 0.3) is 0 Å². The third kappa shape index (κ3) is 5.67. The zero-order chi connectivity index (χ0) is 12.6. The number of amides is 1. The molecule has 0 spiro atoms. The second kappa shape index (κ2) is 8.06. The summed E-state index contributed by atoms with van der Waals surface area (Å²) in [4.78, 5) is 22.4. The van der Waals surface area contributed by atoms with Crippen LogP contribution in [0.1, 0.15) is 26.7 Å². The molecule has 0 radical (unpaired) electrons. The molecule has 0 fully saturated rings. The number of carbonyl (C=O) groups excluding carboxylic acids is 2. The lowest BCUT2D eigenvalue weighted by Crippen LogP contribution is -2.48. The van der Waals surface area contributed by atoms with Gasteiger partial charge in [-0.1, -0.05) is 13.3 Å². The summed E-state index contributed by atoms with van der Waals surface area (Å²) in [6, 6.07) is -1.33. The van der Waals surface area contributed by atoms with Crippen LogP contribution in [0, 0.1) is 0 Å². The molecule has 0 aromatic heterocycles. The van der Waals surface area contributed by atoms with Gasteiger partial charge in [-0.2, -0.15) is 0 Å². The van der Waals surface area contributed by atoms with Crippen molar-refractivity contribution in [2.75, 3.05) is 13.2 Å². The topological polar surface area (TPSA) is 102 Å². The minimum absolute atomic E-state index is 0.0970. The van der Waals surface area contributed by atoms with E-state index in [9.17, 15) is 14.7 Å². The number of ether oxygens (including phenoxy) is 1. The molecule has 0 saturated carbocycles. The lowest BCUT2D eigenvalue weighted by molar-refractivity contribution is -0.148. The van der Waals surface area contributed by atoms with Crippen LogP contribution in [0.3, 0.4) is 0 Å². The standard InChI is InChI=1S/C10H20N2O4/c1-3-5-7(13)6-12-9(14)8(11)10(15)16-4-2/h7-8,13H,3-6,11H2,1-2H3,(H,12,14). The molecule has 6 heteroatoms. The highest BCUT2D eigenvalue weighted by molar-refractivity contribution is 6.01. The van der Waals surface area contributed by atoms with Crippen molar-refractivity contribution in [3.8, 4) is 0 Å². The Morgan fingerprint density at radius 3 is 2.56 bits per heavy atom. The molecule has 2 atom stereocenters. The number of carbonyl (C=O) groups is 2. The molecule has 16 heavy (non-hydrogen) atoms. The minimum Gasteiger partial charge on any atom is -0.464 e. The van der Waals surface area contributed by atoms with E-state index in [1.165, 1.54) is 0 Å². The van der Waals surface area contributed by atoms with E-state index >= 15 is 0 Å². The van der Waals surface area contributed by atoms with Gasteiger partial charge in [0.15, 0.2) is 6.04 Å². The van der Waals surface area contributed by atoms with E-state index in [-0.39, 0.29) is 13.2 Å². The van der Waals surface area contributed by atoms with Crippen molar-refractivity contribution in [3.05, 3.63) is 0 Å². The molecule has 6 nitrogen and oxygen atoms in total. The fraction of sp³-hybridized carbons (Fsp3) is 0.800. The number of hydrogen-bond acceptors (Lipinski definition) is 5. The second-order valence-corrected chi connectivity index (χ2v) is 3.42. The highest BCUT2D eigenvalue weighted by atomic mass is 16.5. The first-order valence-electron chi connectivity index (χ1n) is 5.40. The van der Waals surface area contributed by atoms with Crippen molar-refractivity contribution >= 4 is 11.9 Å². The largest absolute Gasteiger partial charge is 0.464 e. The Balaban J connectivity index is 3.91. The van der Waals surface area contributed by atoms with Crippen molar-refractivity contribution in [3.63, 3.8) is 0 Å². The van der Waals surface area contributed by atoms with E-state index in [1.807, 2.05) is 6.92 Å². The monoisotopic (exact) mass is 232 g/mol. The number of nitrogens with one attached hydrogen (secondary N) is 1. The third-order valence-electron chi connectivity index (χ3n) is 1.96. The summed E-state index contributed by atoms with van der Waals surface area (Å²) >= 11 is 0. The van der Waals surface area contributed by atoms with Gasteiger partial charge >= 0.3 is 5.97 Å². The lowest BCUT2D eigenvalue weighted by Gasteiger charge is -2.13. The van der Waals surface area contributed by atoms with Crippen molar-refractivity contribution in [2.45, 2.75) is 38.8 Å². The Labute approximate surface area is 95.1 Å². The zero-order valence-corrected chi connectivity index (χ0v) is 9.73. The van der Waals surface area contributed by atoms with E-state index in [0.717, 1.165) is 6.42 Å². The van der Waals surface area contributed by atoms with E-state index in [2.05, 4.69) is 10.1 Å². The summed E-state index contributed by atoms with van der Waals surface area (Å²) in [7, 11) is 0. The van der Waals surface area contributed by atoms with Crippen molar-refractivity contribution in [1.29, 1.82) is 0 Å². The van der Waals surface area contributed by atoms with Crippen LogP contribution in [-0.4, -0.2) is 42.3 Å². The van der Waals surface area contributed by atoms with Gasteiger partial charge in [-0.3, -0.25) is 4.79 Å². The predicted octanol–water partition coefficient (Wildman–Crippen LogP) is -0.846. The molecule has 0 aliphatic heterocycles. The molecule has 1 amide bonds. The van der Waals surface area contributed by atoms with Crippen LogP contribution >= 0.6 is 0 Å². The van der Waals surface area contributed by atoms with Crippen molar-refractivity contribution in [2.24, 2.45) is 5.73 Å². The maximum Gasteiger partial charge on any atom is 0.332 e. The molecule has 0 aliphatic carbocycles. The van der Waals surface area contributed by atoms with Gasteiger partial charge in [-0.15, -0.1) is 0 Å². The van der Waals surface area contributed by atoms with Crippen LogP contribution in [-0.2, 0) is 14.3 Å². The Morgan fingerprint density at radius 1 is 1.44 bits per heavy atom. The molecule has 4 N–H and O–H groups in total. The molecule has 2 unspecified atom stereocenters. The highest BCUT2D eigenvalue weighted by Crippen LogP contribution is 1.94. The molecule has 0 aromatic rings. The van der Waals surface area contributed by atoms with E-state index in [0.29, 0.717) is 6.42 Å². The summed E-state index contributed by atoms with van der Waals surface area (Å²) in [6.45, 7) is 3.83. The number of rotatable bonds is 7. The number of esters is 1. The van der Waals surface area contributed by atoms with Gasteiger partial charge in [-0.05, 0) is 13.3 Å². The molecule has 94 valence electrons. The van der Waals surface area contributed by atoms with Gasteiger partial charge in [0.05, 0.1) is 12.7 Å². The highest BCUT2D eigenvalue weighted by Gasteiger charge is 2.23. The lowest BCUT2D eigenvalue weighted by atomic mass is 10.2. The predicted molar refractivity (Wildman–Crippen MR) is 58.5 cm³/mol. The summed E-state index contributed by atoms with van der Waals surface area (Å²) in [5.41, 5.74) is 5.34. The van der Waals surface area contributed by atoms with Crippen LogP contribution in [0.5, 0.6) is 0 Å². The summed E-state index contributed by atoms with van der Waals surface area (Å²) in [5, 5.41) is 11.7. The normalized spacial score (nSPS) is 14.0. The van der Waals surface area contributed by atoms with Crippen molar-refractivity contribution < 1.29 is 19.4 Å². The number of nitrogens with two attached hydrogens (primary N) is 1. The quantitative estimate of drug-likeness (QED) is 0.392. The second-order valence-electron chi connectivity index (χ2n) is 3.42. The van der Waals surface area contributed by atoms with E-state index in [4.69, 9.17) is 5.73 Å². The Bertz CT molecular complexity index is 233. The SMILES string of the molecule is CCCC(O)CNC(=O)C(N)C(=O)OCC.